The van der Waals surface area contributed by atoms with Crippen LogP contribution in [0.5, 0.6) is 0 Å². The van der Waals surface area contributed by atoms with Gasteiger partial charge in [-0.25, -0.2) is 0 Å². The fourth-order valence-electron chi connectivity index (χ4n) is 2.61. The fraction of sp³-hybridized carbons (Fsp3) is 0.769. The van der Waals surface area contributed by atoms with Crippen LogP contribution < -0.4 is 5.32 Å². The van der Waals surface area contributed by atoms with Crippen molar-refractivity contribution in [1.82, 2.24) is 15.1 Å². The summed E-state index contributed by atoms with van der Waals surface area (Å²) in [7, 11) is 1.99. The Hall–Kier alpha value is -0.830. The van der Waals surface area contributed by atoms with Gasteiger partial charge in [0.25, 0.3) is 0 Å². The summed E-state index contributed by atoms with van der Waals surface area (Å²) >= 11 is 0. The number of aryl methyl sites for hydroxylation is 2. The van der Waals surface area contributed by atoms with Gasteiger partial charge in [-0.2, -0.15) is 5.10 Å². The van der Waals surface area contributed by atoms with E-state index in [0.717, 1.165) is 19.0 Å². The lowest BCUT2D eigenvalue weighted by Crippen LogP contribution is -2.32. The van der Waals surface area contributed by atoms with Gasteiger partial charge in [0.15, 0.2) is 0 Å². The van der Waals surface area contributed by atoms with E-state index in [-0.39, 0.29) is 0 Å². The lowest BCUT2D eigenvalue weighted by molar-refractivity contribution is 0.375. The average Bonchev–Trinajstić information content (AvgIpc) is 2.59. The second-order valence-corrected chi connectivity index (χ2v) is 4.95. The Bertz CT molecular complexity index is 324. The Kier molecular flexibility index (Phi) is 3.99. The highest BCUT2D eigenvalue weighted by Crippen LogP contribution is 2.17. The number of nitrogens with one attached hydrogen (secondary N) is 1. The summed E-state index contributed by atoms with van der Waals surface area (Å²) in [5, 5.41) is 8.03. The van der Waals surface area contributed by atoms with Crippen LogP contribution in [0, 0.1) is 6.92 Å². The van der Waals surface area contributed by atoms with Crippen LogP contribution in [-0.2, 0) is 13.5 Å². The summed E-state index contributed by atoms with van der Waals surface area (Å²) in [5.41, 5.74) is 2.55. The maximum Gasteiger partial charge on any atom is 0.0626 e. The van der Waals surface area contributed by atoms with E-state index in [1.807, 2.05) is 11.7 Å². The number of aromatic nitrogens is 2. The number of rotatable bonds is 4. The van der Waals surface area contributed by atoms with Crippen LogP contribution in [0.15, 0.2) is 6.20 Å². The Morgan fingerprint density at radius 3 is 2.75 bits per heavy atom. The van der Waals surface area contributed by atoms with Gasteiger partial charge in [-0.1, -0.05) is 19.3 Å². The predicted molar refractivity (Wildman–Crippen MR) is 66.5 cm³/mol. The normalized spacial score (nSPS) is 17.9. The molecule has 1 aliphatic rings. The largest absolute Gasteiger partial charge is 0.314 e. The minimum Gasteiger partial charge on any atom is -0.314 e. The van der Waals surface area contributed by atoms with Gasteiger partial charge in [-0.15, -0.1) is 0 Å². The Balaban J connectivity index is 1.73. The SMILES string of the molecule is Cc1nn(C)cc1CCNC1CCCCC1. The van der Waals surface area contributed by atoms with E-state index in [2.05, 4.69) is 23.5 Å². The molecule has 0 radical (unpaired) electrons. The van der Waals surface area contributed by atoms with Crippen LogP contribution in [0.2, 0.25) is 0 Å². The average molecular weight is 221 g/mol. The van der Waals surface area contributed by atoms with Crippen LogP contribution in [0.1, 0.15) is 43.4 Å². The molecule has 0 atom stereocenters. The molecule has 1 fully saturated rings. The zero-order valence-electron chi connectivity index (χ0n) is 10.5. The van der Waals surface area contributed by atoms with Gasteiger partial charge in [0.1, 0.15) is 0 Å². The molecule has 1 aromatic rings. The third kappa shape index (κ3) is 3.08. The highest BCUT2D eigenvalue weighted by atomic mass is 15.2. The maximum absolute atomic E-state index is 4.37. The smallest absolute Gasteiger partial charge is 0.0626 e. The fourth-order valence-corrected chi connectivity index (χ4v) is 2.61. The first-order chi connectivity index (χ1) is 7.75. The zero-order chi connectivity index (χ0) is 11.4. The molecule has 1 saturated carbocycles. The van der Waals surface area contributed by atoms with Crippen molar-refractivity contribution in [3.8, 4) is 0 Å². The predicted octanol–water partition coefficient (Wildman–Crippen LogP) is 2.19. The van der Waals surface area contributed by atoms with Crippen molar-refractivity contribution in [2.45, 2.75) is 51.5 Å². The van der Waals surface area contributed by atoms with Crippen molar-refractivity contribution in [2.75, 3.05) is 6.54 Å². The summed E-state index contributed by atoms with van der Waals surface area (Å²) in [6.45, 7) is 3.19. The van der Waals surface area contributed by atoms with Gasteiger partial charge in [0.2, 0.25) is 0 Å². The molecule has 0 aromatic carbocycles. The van der Waals surface area contributed by atoms with Crippen LogP contribution in [0.25, 0.3) is 0 Å². The number of hydrogen-bond donors (Lipinski definition) is 1. The number of hydrogen-bond acceptors (Lipinski definition) is 2. The zero-order valence-corrected chi connectivity index (χ0v) is 10.5. The van der Waals surface area contributed by atoms with Gasteiger partial charge in [-0.05, 0) is 38.3 Å². The third-order valence-electron chi connectivity index (χ3n) is 3.55. The minimum absolute atomic E-state index is 0.769. The third-order valence-corrected chi connectivity index (χ3v) is 3.55. The van der Waals surface area contributed by atoms with Crippen LogP contribution >= 0.6 is 0 Å². The first-order valence-corrected chi connectivity index (χ1v) is 6.48. The topological polar surface area (TPSA) is 29.9 Å². The molecule has 90 valence electrons. The van der Waals surface area contributed by atoms with Gasteiger partial charge >= 0.3 is 0 Å². The highest BCUT2D eigenvalue weighted by molar-refractivity contribution is 5.15. The van der Waals surface area contributed by atoms with Crippen LogP contribution in [0.4, 0.5) is 0 Å². The van der Waals surface area contributed by atoms with Crippen molar-refractivity contribution in [2.24, 2.45) is 7.05 Å². The van der Waals surface area contributed by atoms with Crippen LogP contribution in [-0.4, -0.2) is 22.4 Å². The van der Waals surface area contributed by atoms with Crippen molar-refractivity contribution in [3.05, 3.63) is 17.5 Å². The van der Waals surface area contributed by atoms with E-state index in [1.165, 1.54) is 43.4 Å². The number of nitrogens with zero attached hydrogens (tertiary/aromatic N) is 2. The van der Waals surface area contributed by atoms with Gasteiger partial charge in [0, 0.05) is 19.3 Å². The second-order valence-electron chi connectivity index (χ2n) is 4.95. The van der Waals surface area contributed by atoms with Crippen LogP contribution in [0.3, 0.4) is 0 Å². The summed E-state index contributed by atoms with van der Waals surface area (Å²) in [5.74, 6) is 0. The quantitative estimate of drug-likeness (QED) is 0.844. The van der Waals surface area contributed by atoms with E-state index in [1.54, 1.807) is 0 Å². The molecule has 3 nitrogen and oxygen atoms in total. The summed E-state index contributed by atoms with van der Waals surface area (Å²) < 4.78 is 1.91. The molecule has 1 heterocycles. The van der Waals surface area contributed by atoms with Gasteiger partial charge in [-0.3, -0.25) is 4.68 Å². The molecule has 16 heavy (non-hydrogen) atoms. The van der Waals surface area contributed by atoms with E-state index in [0.29, 0.717) is 0 Å². The molecule has 0 unspecified atom stereocenters. The van der Waals surface area contributed by atoms with Crippen molar-refractivity contribution >= 4 is 0 Å². The maximum atomic E-state index is 4.37. The van der Waals surface area contributed by atoms with Gasteiger partial charge < -0.3 is 5.32 Å². The summed E-state index contributed by atoms with van der Waals surface area (Å²) in [6, 6.07) is 0.769. The molecular weight excluding hydrogens is 198 g/mol. The molecule has 0 aliphatic heterocycles. The Morgan fingerprint density at radius 1 is 1.38 bits per heavy atom. The lowest BCUT2D eigenvalue weighted by Gasteiger charge is -2.22. The Morgan fingerprint density at radius 2 is 2.12 bits per heavy atom. The van der Waals surface area contributed by atoms with Gasteiger partial charge in [0.05, 0.1) is 5.69 Å². The van der Waals surface area contributed by atoms with Crippen molar-refractivity contribution in [1.29, 1.82) is 0 Å². The van der Waals surface area contributed by atoms with E-state index < -0.39 is 0 Å². The van der Waals surface area contributed by atoms with E-state index >= 15 is 0 Å². The molecule has 1 N–H and O–H groups in total. The van der Waals surface area contributed by atoms with E-state index in [4.69, 9.17) is 0 Å². The monoisotopic (exact) mass is 221 g/mol. The minimum atomic E-state index is 0.769. The lowest BCUT2D eigenvalue weighted by atomic mass is 9.95. The molecule has 0 saturated heterocycles. The second kappa shape index (κ2) is 5.48. The Labute approximate surface area is 98.2 Å². The van der Waals surface area contributed by atoms with Crippen molar-refractivity contribution in [3.63, 3.8) is 0 Å². The molecule has 0 amide bonds. The molecular formula is C13H23N3. The first kappa shape index (κ1) is 11.6. The van der Waals surface area contributed by atoms with Crippen molar-refractivity contribution < 1.29 is 0 Å². The molecule has 1 aromatic heterocycles. The highest BCUT2D eigenvalue weighted by Gasteiger charge is 2.12. The standard InChI is InChI=1S/C13H23N3/c1-11-12(10-16(2)15-11)8-9-14-13-6-4-3-5-7-13/h10,13-14H,3-9H2,1-2H3. The molecule has 0 bridgehead atoms. The molecule has 1 aliphatic carbocycles. The summed E-state index contributed by atoms with van der Waals surface area (Å²) in [6.07, 6.45) is 10.2. The molecule has 2 rings (SSSR count). The molecule has 3 heteroatoms. The first-order valence-electron chi connectivity index (χ1n) is 6.48. The summed E-state index contributed by atoms with van der Waals surface area (Å²) in [4.78, 5) is 0. The van der Waals surface area contributed by atoms with E-state index in [9.17, 15) is 0 Å². The molecule has 0 spiro atoms.